The molecule has 5 nitrogen and oxygen atoms in total. The maximum Gasteiger partial charge on any atom is 0.256 e. The lowest BCUT2D eigenvalue weighted by molar-refractivity contribution is -0.0502. The average Bonchev–Trinajstić information content (AvgIpc) is 2.61. The number of carbonyl (C=O) groups is 1. The van der Waals surface area contributed by atoms with Crippen molar-refractivity contribution in [3.05, 3.63) is 82.3 Å². The molecule has 1 amide bonds. The molecule has 5 heteroatoms. The molecular weight excluding hydrogens is 316 g/mol. The summed E-state index contributed by atoms with van der Waals surface area (Å²) in [6, 6.07) is 17.1. The van der Waals surface area contributed by atoms with E-state index in [-0.39, 0.29) is 17.6 Å². The van der Waals surface area contributed by atoms with E-state index in [1.165, 1.54) is 6.20 Å². The number of nitrogens with zero attached hydrogens (tertiary/aromatic N) is 1. The van der Waals surface area contributed by atoms with E-state index in [0.717, 1.165) is 5.56 Å². The minimum atomic E-state index is -0.181. The molecule has 0 aliphatic carbocycles. The van der Waals surface area contributed by atoms with Crippen molar-refractivity contribution in [1.82, 2.24) is 9.88 Å². The fourth-order valence-corrected chi connectivity index (χ4v) is 3.05. The normalized spacial score (nSPS) is 14.5. The molecule has 1 aromatic heterocycles. The molecule has 4 rings (SSSR count). The number of carbonyl (C=O) groups excluding carboxylic acids is 1. The van der Waals surface area contributed by atoms with E-state index >= 15 is 0 Å². The van der Waals surface area contributed by atoms with Crippen LogP contribution in [0.4, 0.5) is 0 Å². The van der Waals surface area contributed by atoms with Gasteiger partial charge in [0.25, 0.3) is 11.5 Å². The van der Waals surface area contributed by atoms with Crippen molar-refractivity contribution in [3.8, 4) is 0 Å². The van der Waals surface area contributed by atoms with Crippen molar-refractivity contribution in [1.29, 1.82) is 0 Å². The first kappa shape index (κ1) is 15.6. The number of hydrogen-bond donors (Lipinski definition) is 1. The molecule has 25 heavy (non-hydrogen) atoms. The van der Waals surface area contributed by atoms with Crippen LogP contribution in [0.25, 0.3) is 10.8 Å². The standard InChI is InChI=1S/C20H18N2O3/c23-19-17-9-5-4-8-16(17)18(10-21-19)20(24)22-11-15(12-22)25-13-14-6-2-1-3-7-14/h1-10,15H,11-13H2,(H,21,23). The SMILES string of the molecule is O=C(c1c[nH]c(=O)c2ccccc12)N1CC(OCc2ccccc2)C1. The Morgan fingerprint density at radius 2 is 1.72 bits per heavy atom. The van der Waals surface area contributed by atoms with Crippen LogP contribution < -0.4 is 5.56 Å². The fourth-order valence-electron chi connectivity index (χ4n) is 3.05. The number of rotatable bonds is 4. The zero-order chi connectivity index (χ0) is 17.2. The number of likely N-dealkylation sites (tertiary alicyclic amines) is 1. The second-order valence-corrected chi connectivity index (χ2v) is 6.21. The van der Waals surface area contributed by atoms with Crippen LogP contribution in [0.15, 0.2) is 65.6 Å². The highest BCUT2D eigenvalue weighted by molar-refractivity contribution is 6.06. The Bertz CT molecular complexity index is 959. The Balaban J connectivity index is 1.42. The van der Waals surface area contributed by atoms with Crippen molar-refractivity contribution < 1.29 is 9.53 Å². The van der Waals surface area contributed by atoms with Gasteiger partial charge in [0.1, 0.15) is 0 Å². The summed E-state index contributed by atoms with van der Waals surface area (Å²) in [5.74, 6) is -0.0768. The summed E-state index contributed by atoms with van der Waals surface area (Å²) < 4.78 is 5.84. The number of benzene rings is 2. The Kier molecular flexibility index (Phi) is 4.07. The Labute approximate surface area is 144 Å². The highest BCUT2D eigenvalue weighted by atomic mass is 16.5. The summed E-state index contributed by atoms with van der Waals surface area (Å²) in [6.07, 6.45) is 1.56. The number of nitrogens with one attached hydrogen (secondary N) is 1. The molecule has 0 spiro atoms. The number of H-pyrrole nitrogens is 1. The molecule has 0 radical (unpaired) electrons. The van der Waals surface area contributed by atoms with Crippen LogP contribution in [0.3, 0.4) is 0 Å². The highest BCUT2D eigenvalue weighted by Crippen LogP contribution is 2.21. The number of ether oxygens (including phenoxy) is 1. The van der Waals surface area contributed by atoms with Crippen LogP contribution in [0.1, 0.15) is 15.9 Å². The predicted octanol–water partition coefficient (Wildman–Crippen LogP) is 2.57. The first-order valence-corrected chi connectivity index (χ1v) is 8.27. The molecule has 1 saturated heterocycles. The topological polar surface area (TPSA) is 62.4 Å². The molecule has 1 fully saturated rings. The molecule has 0 saturated carbocycles. The van der Waals surface area contributed by atoms with Crippen molar-refractivity contribution >= 4 is 16.7 Å². The van der Waals surface area contributed by atoms with Gasteiger partial charge in [0.2, 0.25) is 0 Å². The van der Waals surface area contributed by atoms with Gasteiger partial charge in [-0.25, -0.2) is 0 Å². The number of aromatic amines is 1. The minimum absolute atomic E-state index is 0.0539. The molecule has 0 unspecified atom stereocenters. The van der Waals surface area contributed by atoms with Crippen molar-refractivity contribution in [3.63, 3.8) is 0 Å². The first-order valence-electron chi connectivity index (χ1n) is 8.27. The number of pyridine rings is 1. The largest absolute Gasteiger partial charge is 0.370 e. The Morgan fingerprint density at radius 1 is 1.04 bits per heavy atom. The molecule has 1 aliphatic rings. The molecular formula is C20H18N2O3. The van der Waals surface area contributed by atoms with E-state index in [4.69, 9.17) is 4.74 Å². The Morgan fingerprint density at radius 3 is 2.48 bits per heavy atom. The smallest absolute Gasteiger partial charge is 0.256 e. The van der Waals surface area contributed by atoms with E-state index in [0.29, 0.717) is 36.0 Å². The van der Waals surface area contributed by atoms with Crippen molar-refractivity contribution in [2.24, 2.45) is 0 Å². The lowest BCUT2D eigenvalue weighted by Crippen LogP contribution is -2.54. The van der Waals surface area contributed by atoms with Crippen molar-refractivity contribution in [2.45, 2.75) is 12.7 Å². The Hall–Kier alpha value is -2.92. The van der Waals surface area contributed by atoms with Gasteiger partial charge in [0.05, 0.1) is 18.3 Å². The van der Waals surface area contributed by atoms with Crippen LogP contribution in [-0.2, 0) is 11.3 Å². The molecule has 126 valence electrons. The van der Waals surface area contributed by atoms with E-state index in [9.17, 15) is 9.59 Å². The first-order chi connectivity index (χ1) is 12.2. The van der Waals surface area contributed by atoms with E-state index in [2.05, 4.69) is 4.98 Å². The zero-order valence-corrected chi connectivity index (χ0v) is 13.6. The molecule has 0 atom stereocenters. The van der Waals surface area contributed by atoms with Gasteiger partial charge >= 0.3 is 0 Å². The van der Waals surface area contributed by atoms with Gasteiger partial charge in [-0.05, 0) is 11.6 Å². The summed E-state index contributed by atoms with van der Waals surface area (Å²) in [4.78, 5) is 29.0. The van der Waals surface area contributed by atoms with Gasteiger partial charge in [-0.2, -0.15) is 0 Å². The van der Waals surface area contributed by atoms with Gasteiger partial charge in [0, 0.05) is 30.1 Å². The second-order valence-electron chi connectivity index (χ2n) is 6.21. The quantitative estimate of drug-likeness (QED) is 0.798. The third kappa shape index (κ3) is 3.06. The molecule has 2 aromatic carbocycles. The number of amides is 1. The summed E-state index contributed by atoms with van der Waals surface area (Å²) in [5.41, 5.74) is 1.47. The van der Waals surface area contributed by atoms with Gasteiger partial charge in [-0.3, -0.25) is 9.59 Å². The third-order valence-electron chi connectivity index (χ3n) is 4.50. The third-order valence-corrected chi connectivity index (χ3v) is 4.50. The van der Waals surface area contributed by atoms with Crippen LogP contribution in [0.5, 0.6) is 0 Å². The highest BCUT2D eigenvalue weighted by Gasteiger charge is 2.32. The fraction of sp³-hybridized carbons (Fsp3) is 0.200. The van der Waals surface area contributed by atoms with Gasteiger partial charge in [-0.1, -0.05) is 48.5 Å². The van der Waals surface area contributed by atoms with Crippen LogP contribution >= 0.6 is 0 Å². The number of fused-ring (bicyclic) bond motifs is 1. The van der Waals surface area contributed by atoms with Gasteiger partial charge < -0.3 is 14.6 Å². The van der Waals surface area contributed by atoms with Crippen LogP contribution in [-0.4, -0.2) is 35.0 Å². The molecule has 2 heterocycles. The second kappa shape index (κ2) is 6.53. The van der Waals surface area contributed by atoms with Crippen molar-refractivity contribution in [2.75, 3.05) is 13.1 Å². The molecule has 1 N–H and O–H groups in total. The number of hydrogen-bond acceptors (Lipinski definition) is 3. The summed E-state index contributed by atoms with van der Waals surface area (Å²) in [6.45, 7) is 1.69. The molecule has 0 bridgehead atoms. The number of aromatic nitrogens is 1. The van der Waals surface area contributed by atoms with E-state index in [1.54, 1.807) is 23.1 Å². The predicted molar refractivity (Wildman–Crippen MR) is 95.5 cm³/mol. The maximum atomic E-state index is 12.7. The van der Waals surface area contributed by atoms with Gasteiger partial charge in [0.15, 0.2) is 0 Å². The molecule has 3 aromatic rings. The molecule has 1 aliphatic heterocycles. The van der Waals surface area contributed by atoms with Crippen LogP contribution in [0, 0.1) is 0 Å². The lowest BCUT2D eigenvalue weighted by Gasteiger charge is -2.39. The monoisotopic (exact) mass is 334 g/mol. The summed E-state index contributed by atoms with van der Waals surface area (Å²) in [5, 5.41) is 1.22. The maximum absolute atomic E-state index is 12.7. The van der Waals surface area contributed by atoms with Gasteiger partial charge in [-0.15, -0.1) is 0 Å². The van der Waals surface area contributed by atoms with E-state index < -0.39 is 0 Å². The minimum Gasteiger partial charge on any atom is -0.370 e. The van der Waals surface area contributed by atoms with E-state index in [1.807, 2.05) is 36.4 Å². The van der Waals surface area contributed by atoms with Crippen LogP contribution in [0.2, 0.25) is 0 Å². The lowest BCUT2D eigenvalue weighted by atomic mass is 10.0. The summed E-state index contributed by atoms with van der Waals surface area (Å²) in [7, 11) is 0. The summed E-state index contributed by atoms with van der Waals surface area (Å²) >= 11 is 0. The zero-order valence-electron chi connectivity index (χ0n) is 13.6. The average molecular weight is 334 g/mol.